The molecule has 2 heteroatoms. The average molecular weight is 156 g/mol. The molecular formula is C9H20N2. The summed E-state index contributed by atoms with van der Waals surface area (Å²) >= 11 is 0. The van der Waals surface area contributed by atoms with Crippen LogP contribution in [-0.2, 0) is 0 Å². The van der Waals surface area contributed by atoms with Crippen molar-refractivity contribution in [3.63, 3.8) is 0 Å². The van der Waals surface area contributed by atoms with Gasteiger partial charge in [-0.15, -0.1) is 0 Å². The Kier molecular flexibility index (Phi) is 5.12. The molecule has 1 atom stereocenters. The zero-order valence-corrected chi connectivity index (χ0v) is 8.15. The van der Waals surface area contributed by atoms with Gasteiger partial charge < -0.3 is 10.3 Å². The van der Waals surface area contributed by atoms with Crippen molar-refractivity contribution < 1.29 is 0 Å². The summed E-state index contributed by atoms with van der Waals surface area (Å²) in [5, 5.41) is 7.59. The Morgan fingerprint density at radius 3 is 2.36 bits per heavy atom. The summed E-state index contributed by atoms with van der Waals surface area (Å²) in [6.07, 6.45) is 2.97. The van der Waals surface area contributed by atoms with Crippen LogP contribution in [0.2, 0.25) is 0 Å². The highest BCUT2D eigenvalue weighted by Gasteiger charge is 2.06. The molecule has 0 amide bonds. The number of hydrogen-bond acceptors (Lipinski definition) is 2. The van der Waals surface area contributed by atoms with Crippen molar-refractivity contribution in [3.05, 3.63) is 0 Å². The molecule has 0 unspecified atom stereocenters. The molecule has 0 aliphatic heterocycles. The molecule has 1 N–H and O–H groups in total. The van der Waals surface area contributed by atoms with E-state index in [4.69, 9.17) is 5.41 Å². The highest BCUT2D eigenvalue weighted by molar-refractivity contribution is 5.81. The molecule has 0 aromatic heterocycles. The zero-order chi connectivity index (χ0) is 8.85. The minimum absolute atomic E-state index is 0.508. The highest BCUT2D eigenvalue weighted by atomic mass is 15.1. The van der Waals surface area contributed by atoms with Gasteiger partial charge in [0.2, 0.25) is 0 Å². The van der Waals surface area contributed by atoms with Crippen LogP contribution in [0.15, 0.2) is 0 Å². The fourth-order valence-corrected chi connectivity index (χ4v) is 0.943. The summed E-state index contributed by atoms with van der Waals surface area (Å²) in [5.74, 6) is 0. The van der Waals surface area contributed by atoms with Gasteiger partial charge in [0.15, 0.2) is 0 Å². The van der Waals surface area contributed by atoms with E-state index in [1.165, 1.54) is 0 Å². The third-order valence-corrected chi connectivity index (χ3v) is 1.98. The van der Waals surface area contributed by atoms with Crippen LogP contribution in [0.3, 0.4) is 0 Å². The fourth-order valence-electron chi connectivity index (χ4n) is 0.943. The van der Waals surface area contributed by atoms with Crippen molar-refractivity contribution in [2.75, 3.05) is 14.1 Å². The summed E-state index contributed by atoms with van der Waals surface area (Å²) in [5.41, 5.74) is 0.883. The minimum atomic E-state index is 0.508. The molecule has 0 aliphatic carbocycles. The smallest absolute Gasteiger partial charge is 0.0113 e. The lowest BCUT2D eigenvalue weighted by atomic mass is 10.1. The molecule has 0 aliphatic rings. The third-order valence-electron chi connectivity index (χ3n) is 1.98. The molecule has 11 heavy (non-hydrogen) atoms. The van der Waals surface area contributed by atoms with E-state index in [1.807, 2.05) is 0 Å². The zero-order valence-electron chi connectivity index (χ0n) is 8.15. The summed E-state index contributed by atoms with van der Waals surface area (Å²) < 4.78 is 0. The van der Waals surface area contributed by atoms with Crippen molar-refractivity contribution >= 4 is 5.71 Å². The maximum atomic E-state index is 7.59. The normalized spacial score (nSPS) is 13.5. The van der Waals surface area contributed by atoms with Gasteiger partial charge in [0.1, 0.15) is 0 Å². The molecule has 0 radical (unpaired) electrons. The summed E-state index contributed by atoms with van der Waals surface area (Å²) in [6.45, 7) is 4.28. The van der Waals surface area contributed by atoms with E-state index in [9.17, 15) is 0 Å². The van der Waals surface area contributed by atoms with Gasteiger partial charge in [-0.05, 0) is 27.4 Å². The minimum Gasteiger partial charge on any atom is -0.310 e. The van der Waals surface area contributed by atoms with Crippen LogP contribution in [0.25, 0.3) is 0 Å². The standard InChI is InChI=1S/C9H20N2/c1-5-6-9(10)7-8(2)11(3)4/h8,10H,5-7H2,1-4H3/t8-/m1/s1. The molecule has 0 fully saturated rings. The van der Waals surface area contributed by atoms with Gasteiger partial charge in [0.05, 0.1) is 0 Å². The second-order valence-corrected chi connectivity index (χ2v) is 3.37. The Hall–Kier alpha value is -0.370. The first-order valence-corrected chi connectivity index (χ1v) is 4.30. The van der Waals surface area contributed by atoms with Gasteiger partial charge >= 0.3 is 0 Å². The van der Waals surface area contributed by atoms with E-state index in [1.54, 1.807) is 0 Å². The first-order chi connectivity index (χ1) is 5.07. The molecule has 0 heterocycles. The predicted molar refractivity (Wildman–Crippen MR) is 50.4 cm³/mol. The molecular weight excluding hydrogens is 136 g/mol. The highest BCUT2D eigenvalue weighted by Crippen LogP contribution is 2.02. The van der Waals surface area contributed by atoms with E-state index in [0.717, 1.165) is 25.0 Å². The van der Waals surface area contributed by atoms with E-state index >= 15 is 0 Å². The maximum Gasteiger partial charge on any atom is 0.0113 e. The Morgan fingerprint density at radius 1 is 1.45 bits per heavy atom. The first-order valence-electron chi connectivity index (χ1n) is 4.30. The molecule has 2 nitrogen and oxygen atoms in total. The van der Waals surface area contributed by atoms with E-state index in [0.29, 0.717) is 6.04 Å². The summed E-state index contributed by atoms with van der Waals surface area (Å²) in [6, 6.07) is 0.508. The summed E-state index contributed by atoms with van der Waals surface area (Å²) in [7, 11) is 4.12. The molecule has 0 spiro atoms. The quantitative estimate of drug-likeness (QED) is 0.607. The van der Waals surface area contributed by atoms with Crippen LogP contribution in [0.1, 0.15) is 33.1 Å². The van der Waals surface area contributed by atoms with Crippen LogP contribution >= 0.6 is 0 Å². The Balaban J connectivity index is 3.57. The van der Waals surface area contributed by atoms with Gasteiger partial charge in [-0.1, -0.05) is 13.3 Å². The van der Waals surface area contributed by atoms with Crippen molar-refractivity contribution in [3.8, 4) is 0 Å². The monoisotopic (exact) mass is 156 g/mol. The number of rotatable bonds is 5. The SMILES string of the molecule is CCCC(=N)C[C@@H](C)N(C)C. The van der Waals surface area contributed by atoms with Gasteiger partial charge in [-0.3, -0.25) is 0 Å². The second kappa shape index (κ2) is 5.30. The van der Waals surface area contributed by atoms with Crippen molar-refractivity contribution in [2.24, 2.45) is 0 Å². The Labute approximate surface area is 70.1 Å². The Bertz CT molecular complexity index is 119. The molecule has 0 aromatic rings. The van der Waals surface area contributed by atoms with E-state index < -0.39 is 0 Å². The first kappa shape index (κ1) is 10.6. The predicted octanol–water partition coefficient (Wildman–Crippen LogP) is 2.15. The van der Waals surface area contributed by atoms with E-state index in [2.05, 4.69) is 32.8 Å². The van der Waals surface area contributed by atoms with Crippen molar-refractivity contribution in [2.45, 2.75) is 39.2 Å². The van der Waals surface area contributed by atoms with Crippen LogP contribution in [0.5, 0.6) is 0 Å². The van der Waals surface area contributed by atoms with Gasteiger partial charge in [0, 0.05) is 18.2 Å². The lowest BCUT2D eigenvalue weighted by Crippen LogP contribution is -2.26. The molecule has 0 rings (SSSR count). The van der Waals surface area contributed by atoms with Crippen LogP contribution < -0.4 is 0 Å². The second-order valence-electron chi connectivity index (χ2n) is 3.37. The number of nitrogens with zero attached hydrogens (tertiary/aromatic N) is 1. The van der Waals surface area contributed by atoms with Crippen LogP contribution in [0, 0.1) is 5.41 Å². The lowest BCUT2D eigenvalue weighted by molar-refractivity contribution is 0.320. The van der Waals surface area contributed by atoms with Crippen molar-refractivity contribution in [1.82, 2.24) is 4.90 Å². The van der Waals surface area contributed by atoms with Gasteiger partial charge in [-0.25, -0.2) is 0 Å². The average Bonchev–Trinajstić information content (AvgIpc) is 1.87. The maximum absolute atomic E-state index is 7.59. The number of hydrogen-bond donors (Lipinski definition) is 1. The van der Waals surface area contributed by atoms with Gasteiger partial charge in [0.25, 0.3) is 0 Å². The molecule has 0 aromatic carbocycles. The van der Waals surface area contributed by atoms with E-state index in [-0.39, 0.29) is 0 Å². The Morgan fingerprint density at radius 2 is 2.00 bits per heavy atom. The molecule has 0 saturated heterocycles. The fraction of sp³-hybridized carbons (Fsp3) is 0.889. The largest absolute Gasteiger partial charge is 0.310 e. The number of nitrogens with one attached hydrogen (secondary N) is 1. The molecule has 0 bridgehead atoms. The van der Waals surface area contributed by atoms with Crippen LogP contribution in [0.4, 0.5) is 0 Å². The molecule has 66 valence electrons. The topological polar surface area (TPSA) is 27.1 Å². The lowest BCUT2D eigenvalue weighted by Gasteiger charge is -2.19. The van der Waals surface area contributed by atoms with Gasteiger partial charge in [-0.2, -0.15) is 0 Å². The third kappa shape index (κ3) is 4.96. The van der Waals surface area contributed by atoms with Crippen molar-refractivity contribution in [1.29, 1.82) is 5.41 Å². The van der Waals surface area contributed by atoms with Crippen LogP contribution in [-0.4, -0.2) is 30.7 Å². The summed E-state index contributed by atoms with van der Waals surface area (Å²) in [4.78, 5) is 2.16. The molecule has 0 saturated carbocycles.